The Kier molecular flexibility index (Phi) is 4.40. The van der Waals surface area contributed by atoms with Crippen LogP contribution in [0, 0.1) is 5.92 Å². The average molecular weight is 325 g/mol. The van der Waals surface area contributed by atoms with Crippen molar-refractivity contribution in [1.29, 1.82) is 0 Å². The van der Waals surface area contributed by atoms with E-state index in [-0.39, 0.29) is 5.60 Å². The number of rotatable bonds is 5. The molecule has 2 aromatic heterocycles. The number of pyridine rings is 1. The Morgan fingerprint density at radius 3 is 2.67 bits per heavy atom. The number of likely N-dealkylation sites (tertiary alicyclic amines) is 1. The maximum absolute atomic E-state index is 6.23. The van der Waals surface area contributed by atoms with Crippen molar-refractivity contribution >= 4 is 5.95 Å². The fourth-order valence-electron chi connectivity index (χ4n) is 3.55. The smallest absolute Gasteiger partial charge is 0.222 e. The SMILES string of the molecule is c1ccc(CN2CC3(CC[C@H](CNc4ncccn4)CO3)C2)nc1. The van der Waals surface area contributed by atoms with Crippen molar-refractivity contribution in [3.63, 3.8) is 0 Å². The van der Waals surface area contributed by atoms with E-state index in [4.69, 9.17) is 4.74 Å². The fraction of sp³-hybridized carbons (Fsp3) is 0.500. The summed E-state index contributed by atoms with van der Waals surface area (Å²) in [7, 11) is 0. The van der Waals surface area contributed by atoms with Gasteiger partial charge in [0.05, 0.1) is 17.9 Å². The minimum absolute atomic E-state index is 0.0779. The second-order valence-corrected chi connectivity index (χ2v) is 6.82. The highest BCUT2D eigenvalue weighted by molar-refractivity contribution is 5.22. The molecule has 6 nitrogen and oxygen atoms in total. The number of nitrogens with one attached hydrogen (secondary N) is 1. The summed E-state index contributed by atoms with van der Waals surface area (Å²) in [5.74, 6) is 1.23. The molecule has 1 N–H and O–H groups in total. The van der Waals surface area contributed by atoms with Gasteiger partial charge < -0.3 is 10.1 Å². The minimum atomic E-state index is 0.0779. The van der Waals surface area contributed by atoms with Crippen LogP contribution in [0.15, 0.2) is 42.9 Å². The molecule has 0 bridgehead atoms. The summed E-state index contributed by atoms with van der Waals surface area (Å²) >= 11 is 0. The Hall–Kier alpha value is -2.05. The standard InChI is InChI=1S/C18H23N5O/c1-2-7-19-16(4-1)11-23-13-18(14-23)6-5-15(12-24-18)10-22-17-20-8-3-9-21-17/h1-4,7-9,15H,5-6,10-14H2,(H,20,21,22)/t15-/m1/s1. The number of aromatic nitrogens is 3. The number of ether oxygens (including phenoxy) is 1. The molecule has 24 heavy (non-hydrogen) atoms. The molecule has 1 atom stereocenters. The Morgan fingerprint density at radius 2 is 1.96 bits per heavy atom. The highest BCUT2D eigenvalue weighted by Crippen LogP contribution is 2.36. The first-order valence-corrected chi connectivity index (χ1v) is 8.58. The van der Waals surface area contributed by atoms with Gasteiger partial charge in [-0.2, -0.15) is 0 Å². The summed E-state index contributed by atoms with van der Waals surface area (Å²) in [5.41, 5.74) is 1.21. The van der Waals surface area contributed by atoms with E-state index in [1.807, 2.05) is 24.4 Å². The van der Waals surface area contributed by atoms with E-state index in [9.17, 15) is 0 Å². The zero-order chi connectivity index (χ0) is 16.2. The lowest BCUT2D eigenvalue weighted by Gasteiger charge is -2.52. The highest BCUT2D eigenvalue weighted by atomic mass is 16.5. The first-order chi connectivity index (χ1) is 11.8. The van der Waals surface area contributed by atoms with Crippen LogP contribution in [0.2, 0.25) is 0 Å². The summed E-state index contributed by atoms with van der Waals surface area (Å²) in [6, 6.07) is 7.91. The molecule has 6 heteroatoms. The van der Waals surface area contributed by atoms with Gasteiger partial charge in [0.1, 0.15) is 0 Å². The average Bonchev–Trinajstić information content (AvgIpc) is 2.62. The van der Waals surface area contributed by atoms with Crippen molar-refractivity contribution in [2.45, 2.75) is 25.0 Å². The van der Waals surface area contributed by atoms with Gasteiger partial charge in [-0.05, 0) is 37.0 Å². The third-order valence-electron chi connectivity index (χ3n) is 4.88. The van der Waals surface area contributed by atoms with Crippen molar-refractivity contribution in [3.05, 3.63) is 48.5 Å². The molecule has 2 saturated heterocycles. The third kappa shape index (κ3) is 3.55. The van der Waals surface area contributed by atoms with Crippen molar-refractivity contribution in [2.75, 3.05) is 31.6 Å². The molecule has 0 amide bonds. The van der Waals surface area contributed by atoms with E-state index in [1.165, 1.54) is 6.42 Å². The van der Waals surface area contributed by atoms with E-state index < -0.39 is 0 Å². The lowest BCUT2D eigenvalue weighted by Crippen LogP contribution is -2.64. The molecule has 1 spiro atoms. The minimum Gasteiger partial charge on any atom is -0.372 e. The molecule has 0 unspecified atom stereocenters. The van der Waals surface area contributed by atoms with Crippen LogP contribution in [0.3, 0.4) is 0 Å². The van der Waals surface area contributed by atoms with Gasteiger partial charge in [0.15, 0.2) is 0 Å². The van der Waals surface area contributed by atoms with Gasteiger partial charge in [-0.3, -0.25) is 9.88 Å². The summed E-state index contributed by atoms with van der Waals surface area (Å²) < 4.78 is 6.23. The van der Waals surface area contributed by atoms with E-state index >= 15 is 0 Å². The highest BCUT2D eigenvalue weighted by Gasteiger charge is 2.46. The molecule has 0 radical (unpaired) electrons. The van der Waals surface area contributed by atoms with Crippen molar-refractivity contribution < 1.29 is 4.74 Å². The van der Waals surface area contributed by atoms with Gasteiger partial charge in [-0.25, -0.2) is 9.97 Å². The van der Waals surface area contributed by atoms with Crippen LogP contribution in [-0.2, 0) is 11.3 Å². The Balaban J connectivity index is 1.20. The van der Waals surface area contributed by atoms with Crippen LogP contribution in [-0.4, -0.2) is 51.7 Å². The van der Waals surface area contributed by atoms with Crippen molar-refractivity contribution in [3.8, 4) is 0 Å². The molecule has 0 saturated carbocycles. The van der Waals surface area contributed by atoms with Gasteiger partial charge in [0.2, 0.25) is 5.95 Å². The second kappa shape index (κ2) is 6.83. The number of anilines is 1. The van der Waals surface area contributed by atoms with Crippen LogP contribution in [0.25, 0.3) is 0 Å². The topological polar surface area (TPSA) is 63.2 Å². The number of hydrogen-bond donors (Lipinski definition) is 1. The van der Waals surface area contributed by atoms with Crippen LogP contribution < -0.4 is 5.32 Å². The molecule has 2 fully saturated rings. The molecular weight excluding hydrogens is 302 g/mol. The monoisotopic (exact) mass is 325 g/mol. The molecule has 2 aliphatic heterocycles. The van der Waals surface area contributed by atoms with Crippen molar-refractivity contribution in [2.24, 2.45) is 5.92 Å². The predicted octanol–water partition coefficient (Wildman–Crippen LogP) is 1.96. The Labute approximate surface area is 142 Å². The maximum Gasteiger partial charge on any atom is 0.222 e. The van der Waals surface area contributed by atoms with Crippen LogP contribution in [0.1, 0.15) is 18.5 Å². The van der Waals surface area contributed by atoms with Gasteiger partial charge in [0.25, 0.3) is 0 Å². The van der Waals surface area contributed by atoms with E-state index in [2.05, 4.69) is 31.2 Å². The van der Waals surface area contributed by atoms with E-state index in [1.54, 1.807) is 12.4 Å². The Morgan fingerprint density at radius 1 is 1.12 bits per heavy atom. The molecule has 2 aromatic rings. The molecule has 4 heterocycles. The summed E-state index contributed by atoms with van der Waals surface area (Å²) in [5, 5.41) is 3.30. The van der Waals surface area contributed by atoms with Gasteiger partial charge >= 0.3 is 0 Å². The van der Waals surface area contributed by atoms with Gasteiger partial charge in [-0.1, -0.05) is 6.07 Å². The predicted molar refractivity (Wildman–Crippen MR) is 91.4 cm³/mol. The van der Waals surface area contributed by atoms with E-state index in [0.717, 1.165) is 44.9 Å². The van der Waals surface area contributed by atoms with Gasteiger partial charge in [0, 0.05) is 44.8 Å². The normalized spacial score (nSPS) is 22.9. The first-order valence-electron chi connectivity index (χ1n) is 8.58. The zero-order valence-corrected chi connectivity index (χ0v) is 13.8. The molecule has 126 valence electrons. The fourth-order valence-corrected chi connectivity index (χ4v) is 3.55. The zero-order valence-electron chi connectivity index (χ0n) is 13.8. The Bertz CT molecular complexity index is 635. The first kappa shape index (κ1) is 15.5. The maximum atomic E-state index is 6.23. The third-order valence-corrected chi connectivity index (χ3v) is 4.88. The van der Waals surface area contributed by atoms with Gasteiger partial charge in [-0.15, -0.1) is 0 Å². The summed E-state index contributed by atoms with van der Waals surface area (Å²) in [6.07, 6.45) is 7.69. The number of hydrogen-bond acceptors (Lipinski definition) is 6. The number of nitrogens with zero attached hydrogens (tertiary/aromatic N) is 4. The summed E-state index contributed by atoms with van der Waals surface area (Å²) in [4.78, 5) is 15.2. The van der Waals surface area contributed by atoms with Crippen LogP contribution in [0.4, 0.5) is 5.95 Å². The molecule has 0 aliphatic carbocycles. The molecule has 0 aromatic carbocycles. The summed E-state index contributed by atoms with van der Waals surface area (Å²) in [6.45, 7) is 4.65. The lowest BCUT2D eigenvalue weighted by molar-refractivity contribution is -0.180. The molecular formula is C18H23N5O. The molecule has 2 aliphatic rings. The van der Waals surface area contributed by atoms with E-state index in [0.29, 0.717) is 11.9 Å². The second-order valence-electron chi connectivity index (χ2n) is 6.82. The lowest BCUT2D eigenvalue weighted by atomic mass is 9.83. The largest absolute Gasteiger partial charge is 0.372 e. The van der Waals surface area contributed by atoms with Crippen molar-refractivity contribution in [1.82, 2.24) is 19.9 Å². The van der Waals surface area contributed by atoms with Crippen LogP contribution in [0.5, 0.6) is 0 Å². The van der Waals surface area contributed by atoms with Crippen LogP contribution >= 0.6 is 0 Å². The quantitative estimate of drug-likeness (QED) is 0.907. The molecule has 4 rings (SSSR count).